The zero-order chi connectivity index (χ0) is 25.7. The lowest BCUT2D eigenvalue weighted by Gasteiger charge is -2.59. The maximum atomic E-state index is 14.9. The highest BCUT2D eigenvalue weighted by Crippen LogP contribution is 2.39. The third-order valence-corrected chi connectivity index (χ3v) is 7.39. The molecule has 0 radical (unpaired) electrons. The van der Waals surface area contributed by atoms with E-state index >= 15 is 0 Å². The summed E-state index contributed by atoms with van der Waals surface area (Å²) in [7, 11) is 2.16. The van der Waals surface area contributed by atoms with Gasteiger partial charge in [-0.2, -0.15) is 0 Å². The van der Waals surface area contributed by atoms with Crippen LogP contribution in [0.1, 0.15) is 23.4 Å². The molecule has 2 aromatic heterocycles. The van der Waals surface area contributed by atoms with Gasteiger partial charge in [0, 0.05) is 69.1 Å². The van der Waals surface area contributed by atoms with Crippen molar-refractivity contribution in [2.24, 2.45) is 16.1 Å². The van der Waals surface area contributed by atoms with Gasteiger partial charge in [0.05, 0.1) is 5.52 Å². The van der Waals surface area contributed by atoms with Crippen LogP contribution in [-0.2, 0) is 19.5 Å². The topological polar surface area (TPSA) is 87.6 Å². The lowest BCUT2D eigenvalue weighted by atomic mass is 9.73. The first-order valence-electron chi connectivity index (χ1n) is 12.5. The number of imidazole rings is 1. The molecule has 3 aliphatic rings. The number of nitrogens with two attached hydrogens (primary N) is 1. The Hall–Kier alpha value is -3.63. The molecule has 8 nitrogen and oxygen atoms in total. The number of halogens is 2. The van der Waals surface area contributed by atoms with Crippen molar-refractivity contribution in [3.05, 3.63) is 77.7 Å². The number of pyridine rings is 1. The van der Waals surface area contributed by atoms with Crippen LogP contribution < -0.4 is 11.1 Å². The van der Waals surface area contributed by atoms with Crippen molar-refractivity contribution < 1.29 is 8.78 Å². The molecule has 0 unspecified atom stereocenters. The highest BCUT2D eigenvalue weighted by molar-refractivity contribution is 6.13. The third-order valence-electron chi connectivity index (χ3n) is 7.39. The Morgan fingerprint density at radius 2 is 2.08 bits per heavy atom. The Balaban J connectivity index is 1.17. The summed E-state index contributed by atoms with van der Waals surface area (Å²) in [6.07, 6.45) is 4.38. The number of hydrogen-bond donors (Lipinski definition) is 2. The van der Waals surface area contributed by atoms with E-state index in [4.69, 9.17) is 5.73 Å². The number of aliphatic imine (C=N–C) groups is 1. The number of nitrogens with one attached hydrogen (secondary N) is 1. The Morgan fingerprint density at radius 1 is 1.27 bits per heavy atom. The van der Waals surface area contributed by atoms with E-state index < -0.39 is 11.6 Å². The van der Waals surface area contributed by atoms with Crippen LogP contribution in [0.25, 0.3) is 11.0 Å². The van der Waals surface area contributed by atoms with E-state index in [1.165, 1.54) is 19.2 Å². The quantitative estimate of drug-likeness (QED) is 0.480. The fraction of sp³-hybridized carbons (Fsp3) is 0.370. The van der Waals surface area contributed by atoms with E-state index in [0.717, 1.165) is 56.6 Å². The van der Waals surface area contributed by atoms with Crippen LogP contribution in [0, 0.1) is 11.2 Å². The van der Waals surface area contributed by atoms with Gasteiger partial charge in [0.2, 0.25) is 0 Å². The number of likely N-dealkylation sites (tertiary alicyclic amines) is 2. The van der Waals surface area contributed by atoms with Crippen LogP contribution in [0.15, 0.2) is 59.9 Å². The van der Waals surface area contributed by atoms with Gasteiger partial charge in [0.1, 0.15) is 28.7 Å². The van der Waals surface area contributed by atoms with Gasteiger partial charge >= 0.3 is 0 Å². The molecule has 5 heterocycles. The molecule has 0 aliphatic carbocycles. The first-order chi connectivity index (χ1) is 17.8. The number of hydrogen-bond acceptors (Lipinski definition) is 7. The molecule has 37 heavy (non-hydrogen) atoms. The van der Waals surface area contributed by atoms with Crippen LogP contribution in [0.2, 0.25) is 0 Å². The third kappa shape index (κ3) is 4.40. The van der Waals surface area contributed by atoms with Gasteiger partial charge in [0.25, 0.3) is 0 Å². The van der Waals surface area contributed by atoms with E-state index in [2.05, 4.69) is 43.7 Å². The molecule has 0 atom stereocenters. The molecule has 3 aromatic rings. The number of benzene rings is 1. The Morgan fingerprint density at radius 3 is 2.78 bits per heavy atom. The molecule has 2 fully saturated rings. The summed E-state index contributed by atoms with van der Waals surface area (Å²) < 4.78 is 31.7. The molecule has 192 valence electrons. The fourth-order valence-corrected chi connectivity index (χ4v) is 6.01. The SMILES string of the molecule is C=C(/N=C(\C(F)=C/N)c1cc(F)c2nc3n(c2c1)CCC3)Nc1ccc(CN2CC3(CN(C)C3)C2)cn1. The summed E-state index contributed by atoms with van der Waals surface area (Å²) in [4.78, 5) is 18.0. The van der Waals surface area contributed by atoms with Crippen molar-refractivity contribution in [3.63, 3.8) is 0 Å². The smallest absolute Gasteiger partial charge is 0.164 e. The van der Waals surface area contributed by atoms with E-state index in [1.54, 1.807) is 6.07 Å². The lowest BCUT2D eigenvalue weighted by Crippen LogP contribution is -2.70. The second-order valence-electron chi connectivity index (χ2n) is 10.5. The molecule has 0 bridgehead atoms. The van der Waals surface area contributed by atoms with Crippen LogP contribution in [0.4, 0.5) is 14.6 Å². The summed E-state index contributed by atoms with van der Waals surface area (Å²) >= 11 is 0. The first-order valence-corrected chi connectivity index (χ1v) is 12.5. The van der Waals surface area contributed by atoms with E-state index in [-0.39, 0.29) is 22.6 Å². The predicted molar refractivity (Wildman–Crippen MR) is 140 cm³/mol. The monoisotopic (exact) mass is 504 g/mol. The average molecular weight is 505 g/mol. The molecule has 0 amide bonds. The van der Waals surface area contributed by atoms with E-state index in [1.807, 2.05) is 22.9 Å². The van der Waals surface area contributed by atoms with Gasteiger partial charge in [-0.05, 0) is 37.2 Å². The maximum absolute atomic E-state index is 14.9. The van der Waals surface area contributed by atoms with Gasteiger partial charge in [-0.3, -0.25) is 4.90 Å². The van der Waals surface area contributed by atoms with Gasteiger partial charge < -0.3 is 20.5 Å². The number of allylic oxidation sites excluding steroid dienone is 1. The minimum absolute atomic E-state index is 0.112. The van der Waals surface area contributed by atoms with E-state index in [0.29, 0.717) is 16.7 Å². The molecule has 1 spiro atoms. The second kappa shape index (κ2) is 9.04. The molecule has 10 heteroatoms. The molecule has 1 aromatic carbocycles. The van der Waals surface area contributed by atoms with Crippen molar-refractivity contribution in [2.45, 2.75) is 25.9 Å². The predicted octanol–water partition coefficient (Wildman–Crippen LogP) is 3.41. The van der Waals surface area contributed by atoms with Crippen molar-refractivity contribution >= 4 is 22.6 Å². The lowest BCUT2D eigenvalue weighted by molar-refractivity contribution is -0.108. The van der Waals surface area contributed by atoms with Crippen LogP contribution >= 0.6 is 0 Å². The Kier molecular flexibility index (Phi) is 5.80. The summed E-state index contributed by atoms with van der Waals surface area (Å²) in [5.41, 5.74) is 8.14. The van der Waals surface area contributed by atoms with Crippen molar-refractivity contribution in [1.82, 2.24) is 24.3 Å². The van der Waals surface area contributed by atoms with Crippen molar-refractivity contribution in [2.75, 3.05) is 38.5 Å². The number of anilines is 1. The van der Waals surface area contributed by atoms with Gasteiger partial charge in [0.15, 0.2) is 11.6 Å². The normalized spacial score (nSPS) is 19.6. The number of fused-ring (bicyclic) bond motifs is 3. The number of aryl methyl sites for hydroxylation is 2. The molecule has 3 aliphatic heterocycles. The van der Waals surface area contributed by atoms with E-state index in [9.17, 15) is 8.78 Å². The number of rotatable bonds is 7. The minimum Gasteiger partial charge on any atom is -0.402 e. The molecular weight excluding hydrogens is 474 g/mol. The van der Waals surface area contributed by atoms with Crippen LogP contribution in [0.5, 0.6) is 0 Å². The first kappa shape index (κ1) is 23.7. The van der Waals surface area contributed by atoms with Crippen molar-refractivity contribution in [1.29, 1.82) is 0 Å². The highest BCUT2D eigenvalue weighted by atomic mass is 19.1. The van der Waals surface area contributed by atoms with Crippen LogP contribution in [0.3, 0.4) is 0 Å². The van der Waals surface area contributed by atoms with Gasteiger partial charge in [-0.1, -0.05) is 12.6 Å². The molecule has 6 rings (SSSR count). The number of nitrogens with zero attached hydrogens (tertiary/aromatic N) is 6. The standard InChI is InChI=1S/C27H30F2N8/c1-17(32-23-6-5-18(11-31-23)12-36-15-27(16-36)13-35(2)14-27)33-25(21(29)10-30)19-8-20(28)26-22(9-19)37-7-3-4-24(37)34-26/h5-6,8-11H,1,3-4,7,12-16,30H2,2H3,(H,31,32)/b21-10+,33-25-. The van der Waals surface area contributed by atoms with Gasteiger partial charge in [-0.25, -0.2) is 23.7 Å². The van der Waals surface area contributed by atoms with Crippen molar-refractivity contribution in [3.8, 4) is 0 Å². The summed E-state index contributed by atoms with van der Waals surface area (Å²) in [5, 5.41) is 3.00. The van der Waals surface area contributed by atoms with Crippen LogP contribution in [-0.4, -0.2) is 63.3 Å². The minimum atomic E-state index is -0.781. The molecule has 3 N–H and O–H groups in total. The highest BCUT2D eigenvalue weighted by Gasteiger charge is 2.49. The Bertz CT molecular complexity index is 1420. The summed E-state index contributed by atoms with van der Waals surface area (Å²) in [5.74, 6) is 0.218. The second-order valence-corrected chi connectivity index (χ2v) is 10.5. The van der Waals surface area contributed by atoms with Gasteiger partial charge in [-0.15, -0.1) is 0 Å². The molecule has 0 saturated carbocycles. The molecule has 2 saturated heterocycles. The Labute approximate surface area is 214 Å². The maximum Gasteiger partial charge on any atom is 0.164 e. The number of aromatic nitrogens is 3. The molecular formula is C27H30F2N8. The largest absolute Gasteiger partial charge is 0.402 e. The zero-order valence-electron chi connectivity index (χ0n) is 20.8. The summed E-state index contributed by atoms with van der Waals surface area (Å²) in [6, 6.07) is 6.78. The fourth-order valence-electron chi connectivity index (χ4n) is 6.01. The summed E-state index contributed by atoms with van der Waals surface area (Å²) in [6.45, 7) is 10.1. The zero-order valence-corrected chi connectivity index (χ0v) is 20.8. The average Bonchev–Trinajstić information content (AvgIpc) is 3.43.